The van der Waals surface area contributed by atoms with Gasteiger partial charge >= 0.3 is 0 Å². The molecule has 0 saturated carbocycles. The Labute approximate surface area is 150 Å². The van der Waals surface area contributed by atoms with Crippen LogP contribution in [0.25, 0.3) is 17.0 Å². The van der Waals surface area contributed by atoms with Crippen molar-refractivity contribution in [3.05, 3.63) is 87.0 Å². The molecular weight excluding hydrogens is 331 g/mol. The summed E-state index contributed by atoms with van der Waals surface area (Å²) in [6.45, 7) is 3.68. The molecule has 0 aliphatic heterocycles. The molecule has 0 aliphatic rings. The topological polar surface area (TPSA) is 62.0 Å². The minimum Gasteiger partial charge on any atom is -0.348 e. The summed E-state index contributed by atoms with van der Waals surface area (Å²) in [5.74, 6) is -0.738. The number of carbonyl (C=O) groups is 1. The number of hydrogen-bond donors (Lipinski definition) is 2. The molecule has 2 N–H and O–H groups in total. The SMILES string of the molecule is C/C(=C\c1ccccc1F)C(=O)NCc1cc2cc(C)ccc2[nH]c1=O. The number of hydrogen-bond acceptors (Lipinski definition) is 2. The van der Waals surface area contributed by atoms with E-state index in [1.165, 1.54) is 12.1 Å². The van der Waals surface area contributed by atoms with Crippen LogP contribution in [0.1, 0.15) is 23.6 Å². The standard InChI is InChI=1S/C21H19FN2O2/c1-13-7-8-19-16(9-13)11-17(21(26)24-19)12-23-20(25)14(2)10-15-5-3-4-6-18(15)22/h3-11H,12H2,1-2H3,(H,23,25)(H,24,26)/b14-10+. The molecule has 1 amide bonds. The smallest absolute Gasteiger partial charge is 0.253 e. The van der Waals surface area contributed by atoms with Gasteiger partial charge in [-0.25, -0.2) is 4.39 Å². The van der Waals surface area contributed by atoms with Crippen LogP contribution >= 0.6 is 0 Å². The lowest BCUT2D eigenvalue weighted by Gasteiger charge is -2.07. The van der Waals surface area contributed by atoms with E-state index in [0.29, 0.717) is 16.7 Å². The van der Waals surface area contributed by atoms with Gasteiger partial charge in [-0.3, -0.25) is 9.59 Å². The van der Waals surface area contributed by atoms with Gasteiger partial charge in [0.2, 0.25) is 5.91 Å². The molecule has 3 aromatic rings. The Bertz CT molecular complexity index is 1070. The van der Waals surface area contributed by atoms with Crippen LogP contribution in [0.3, 0.4) is 0 Å². The van der Waals surface area contributed by atoms with Crippen molar-refractivity contribution in [3.63, 3.8) is 0 Å². The molecule has 0 atom stereocenters. The van der Waals surface area contributed by atoms with Crippen molar-refractivity contribution < 1.29 is 9.18 Å². The number of rotatable bonds is 4. The second-order valence-corrected chi connectivity index (χ2v) is 6.25. The molecule has 132 valence electrons. The molecule has 1 aromatic heterocycles. The van der Waals surface area contributed by atoms with Crippen LogP contribution in [-0.2, 0) is 11.3 Å². The van der Waals surface area contributed by atoms with Crippen LogP contribution in [0.5, 0.6) is 0 Å². The van der Waals surface area contributed by atoms with E-state index in [0.717, 1.165) is 16.5 Å². The Morgan fingerprint density at radius 3 is 2.73 bits per heavy atom. The maximum atomic E-state index is 13.7. The number of aromatic amines is 1. The number of halogens is 1. The Morgan fingerprint density at radius 1 is 1.19 bits per heavy atom. The molecule has 1 heterocycles. The number of aromatic nitrogens is 1. The Hall–Kier alpha value is -3.21. The predicted octanol–water partition coefficient (Wildman–Crippen LogP) is 3.70. The minimum absolute atomic E-state index is 0.0977. The Morgan fingerprint density at radius 2 is 1.96 bits per heavy atom. The van der Waals surface area contributed by atoms with Crippen molar-refractivity contribution >= 4 is 22.9 Å². The molecule has 0 unspecified atom stereocenters. The van der Waals surface area contributed by atoms with Crippen LogP contribution in [0.15, 0.2) is 58.9 Å². The normalized spacial score (nSPS) is 11.6. The second-order valence-electron chi connectivity index (χ2n) is 6.25. The fourth-order valence-electron chi connectivity index (χ4n) is 2.71. The summed E-state index contributed by atoms with van der Waals surface area (Å²) in [7, 11) is 0. The highest BCUT2D eigenvalue weighted by Crippen LogP contribution is 2.14. The predicted molar refractivity (Wildman–Crippen MR) is 101 cm³/mol. The summed E-state index contributed by atoms with van der Waals surface area (Å²) < 4.78 is 13.7. The molecule has 0 radical (unpaired) electrons. The first-order valence-electron chi connectivity index (χ1n) is 8.27. The van der Waals surface area contributed by atoms with Crippen molar-refractivity contribution in [2.24, 2.45) is 0 Å². The second kappa shape index (κ2) is 7.35. The summed E-state index contributed by atoms with van der Waals surface area (Å²) in [5, 5.41) is 3.62. The maximum Gasteiger partial charge on any atom is 0.253 e. The first-order chi connectivity index (χ1) is 12.4. The third kappa shape index (κ3) is 3.88. The number of H-pyrrole nitrogens is 1. The van der Waals surface area contributed by atoms with Gasteiger partial charge in [0.25, 0.3) is 5.56 Å². The van der Waals surface area contributed by atoms with E-state index in [1.54, 1.807) is 31.2 Å². The summed E-state index contributed by atoms with van der Waals surface area (Å²) >= 11 is 0. The fourth-order valence-corrected chi connectivity index (χ4v) is 2.71. The van der Waals surface area contributed by atoms with Crippen LogP contribution in [0.2, 0.25) is 0 Å². The van der Waals surface area contributed by atoms with Crippen molar-refractivity contribution in [2.45, 2.75) is 20.4 Å². The van der Waals surface area contributed by atoms with Crippen LogP contribution in [0, 0.1) is 12.7 Å². The van der Waals surface area contributed by atoms with E-state index in [2.05, 4.69) is 10.3 Å². The highest BCUT2D eigenvalue weighted by Gasteiger charge is 2.08. The van der Waals surface area contributed by atoms with Gasteiger partial charge in [0.05, 0.1) is 0 Å². The van der Waals surface area contributed by atoms with Crippen molar-refractivity contribution in [1.82, 2.24) is 10.3 Å². The number of carbonyl (C=O) groups excluding carboxylic acids is 1. The highest BCUT2D eigenvalue weighted by atomic mass is 19.1. The van der Waals surface area contributed by atoms with Gasteiger partial charge in [0.1, 0.15) is 5.82 Å². The molecule has 0 spiro atoms. The number of fused-ring (bicyclic) bond motifs is 1. The quantitative estimate of drug-likeness (QED) is 0.705. The molecule has 0 saturated heterocycles. The molecule has 0 fully saturated rings. The monoisotopic (exact) mass is 350 g/mol. The maximum absolute atomic E-state index is 13.7. The van der Waals surface area contributed by atoms with E-state index in [-0.39, 0.29) is 23.8 Å². The van der Waals surface area contributed by atoms with Gasteiger partial charge in [-0.2, -0.15) is 0 Å². The fraction of sp³-hybridized carbons (Fsp3) is 0.143. The van der Waals surface area contributed by atoms with Gasteiger partial charge in [-0.1, -0.05) is 29.8 Å². The first-order valence-corrected chi connectivity index (χ1v) is 8.27. The van der Waals surface area contributed by atoms with Crippen molar-refractivity contribution in [1.29, 1.82) is 0 Å². The zero-order valence-electron chi connectivity index (χ0n) is 14.6. The number of pyridine rings is 1. The largest absolute Gasteiger partial charge is 0.348 e. The molecule has 5 heteroatoms. The molecule has 26 heavy (non-hydrogen) atoms. The van der Waals surface area contributed by atoms with Gasteiger partial charge in [-0.15, -0.1) is 0 Å². The van der Waals surface area contributed by atoms with E-state index >= 15 is 0 Å². The van der Waals surface area contributed by atoms with Crippen LogP contribution in [-0.4, -0.2) is 10.9 Å². The van der Waals surface area contributed by atoms with Crippen molar-refractivity contribution in [3.8, 4) is 0 Å². The van der Waals surface area contributed by atoms with Gasteiger partial charge < -0.3 is 10.3 Å². The van der Waals surface area contributed by atoms with Gasteiger partial charge in [-0.05, 0) is 49.6 Å². The van der Waals surface area contributed by atoms with Gasteiger partial charge in [0.15, 0.2) is 0 Å². The van der Waals surface area contributed by atoms with Crippen molar-refractivity contribution in [2.75, 3.05) is 0 Å². The molecular formula is C21H19FN2O2. The molecule has 0 aliphatic carbocycles. The zero-order chi connectivity index (χ0) is 18.7. The van der Waals surface area contributed by atoms with E-state index < -0.39 is 0 Å². The Kier molecular flexibility index (Phi) is 4.98. The first kappa shape index (κ1) is 17.6. The molecule has 0 bridgehead atoms. The summed E-state index contributed by atoms with van der Waals surface area (Å²) in [6, 6.07) is 13.8. The third-order valence-corrected chi connectivity index (χ3v) is 4.15. The van der Waals surface area contributed by atoms with E-state index in [9.17, 15) is 14.0 Å². The molecule has 4 nitrogen and oxygen atoms in total. The average Bonchev–Trinajstić information content (AvgIpc) is 2.62. The van der Waals surface area contributed by atoms with Crippen LogP contribution in [0.4, 0.5) is 4.39 Å². The Balaban J connectivity index is 1.77. The number of amides is 1. The van der Waals surface area contributed by atoms with Gasteiger partial charge in [0, 0.05) is 28.8 Å². The van der Waals surface area contributed by atoms with E-state index in [4.69, 9.17) is 0 Å². The lowest BCUT2D eigenvalue weighted by molar-refractivity contribution is -0.117. The molecule has 3 rings (SSSR count). The molecule has 2 aromatic carbocycles. The minimum atomic E-state index is -0.388. The van der Waals surface area contributed by atoms with E-state index in [1.807, 2.05) is 25.1 Å². The lowest BCUT2D eigenvalue weighted by Crippen LogP contribution is -2.27. The number of aryl methyl sites for hydroxylation is 1. The lowest BCUT2D eigenvalue weighted by atomic mass is 10.1. The average molecular weight is 350 g/mol. The summed E-state index contributed by atoms with van der Waals surface area (Å²) in [4.78, 5) is 27.2. The number of benzene rings is 2. The summed E-state index contributed by atoms with van der Waals surface area (Å²) in [5.41, 5.74) is 2.78. The summed E-state index contributed by atoms with van der Waals surface area (Å²) in [6.07, 6.45) is 1.48. The third-order valence-electron chi connectivity index (χ3n) is 4.15. The highest BCUT2D eigenvalue weighted by molar-refractivity contribution is 5.97. The number of nitrogens with one attached hydrogen (secondary N) is 2. The van der Waals surface area contributed by atoms with Crippen LogP contribution < -0.4 is 10.9 Å². The zero-order valence-corrected chi connectivity index (χ0v) is 14.6.